The molecule has 0 amide bonds. The molecular weight excluding hydrogens is 284 g/mol. The van der Waals surface area contributed by atoms with E-state index in [9.17, 15) is 15.3 Å². The molecule has 0 saturated carbocycles. The Morgan fingerprint density at radius 1 is 1.33 bits per heavy atom. The zero-order valence-electron chi connectivity index (χ0n) is 11.8. The van der Waals surface area contributed by atoms with Gasteiger partial charge in [0.1, 0.15) is 5.76 Å². The van der Waals surface area contributed by atoms with E-state index in [4.69, 9.17) is 4.74 Å². The van der Waals surface area contributed by atoms with Crippen molar-refractivity contribution in [1.29, 1.82) is 10.5 Å². The minimum Gasteiger partial charge on any atom is -0.485 e. The van der Waals surface area contributed by atoms with E-state index in [1.165, 1.54) is 11.3 Å². The van der Waals surface area contributed by atoms with Crippen LogP contribution in [0.5, 0.6) is 0 Å². The number of nitriles is 2. The lowest BCUT2D eigenvalue weighted by Gasteiger charge is -2.29. The SMILES string of the molecule is CC1(C)CC(=O)C2=C(C1)OC(c1cccs1)C2(C#N)C#N. The topological polar surface area (TPSA) is 73.9 Å². The number of hydrogen-bond acceptors (Lipinski definition) is 5. The summed E-state index contributed by atoms with van der Waals surface area (Å²) in [6, 6.07) is 7.82. The van der Waals surface area contributed by atoms with Crippen LogP contribution >= 0.6 is 11.3 Å². The monoisotopic (exact) mass is 298 g/mol. The fraction of sp³-hybridized carbons (Fsp3) is 0.438. The number of carbonyl (C=O) groups excluding carboxylic acids is 1. The summed E-state index contributed by atoms with van der Waals surface area (Å²) in [7, 11) is 0. The van der Waals surface area contributed by atoms with Gasteiger partial charge < -0.3 is 4.74 Å². The standard InChI is InChI=1S/C16H14N2O2S/c1-15(2)6-10(19)13-11(7-15)20-14(12-4-3-5-21-12)16(13,8-17)9-18/h3-5,14H,6-7H2,1-2H3. The zero-order chi connectivity index (χ0) is 15.3. The minimum atomic E-state index is -1.52. The Labute approximate surface area is 127 Å². The van der Waals surface area contributed by atoms with Crippen LogP contribution in [0.2, 0.25) is 0 Å². The maximum atomic E-state index is 12.5. The van der Waals surface area contributed by atoms with Gasteiger partial charge in [0.15, 0.2) is 11.9 Å². The molecule has 2 aliphatic rings. The number of Topliss-reactive ketones (excluding diaryl/α,β-unsaturated/α-hetero) is 1. The van der Waals surface area contributed by atoms with Gasteiger partial charge in [-0.1, -0.05) is 19.9 Å². The van der Waals surface area contributed by atoms with Gasteiger partial charge in [-0.05, 0) is 16.9 Å². The Bertz CT molecular complexity index is 702. The van der Waals surface area contributed by atoms with E-state index in [1.807, 2.05) is 31.4 Å². The third kappa shape index (κ3) is 1.89. The van der Waals surface area contributed by atoms with Crippen LogP contribution in [0.1, 0.15) is 37.7 Å². The molecule has 5 heteroatoms. The number of hydrogen-bond donors (Lipinski definition) is 0. The van der Waals surface area contributed by atoms with Crippen molar-refractivity contribution in [1.82, 2.24) is 0 Å². The normalized spacial score (nSPS) is 25.7. The largest absolute Gasteiger partial charge is 0.485 e. The quantitative estimate of drug-likeness (QED) is 0.795. The molecule has 0 fully saturated rings. The molecule has 1 aromatic heterocycles. The summed E-state index contributed by atoms with van der Waals surface area (Å²) < 4.78 is 5.94. The van der Waals surface area contributed by atoms with Crippen molar-refractivity contribution in [2.45, 2.75) is 32.8 Å². The van der Waals surface area contributed by atoms with Crippen LogP contribution in [0.4, 0.5) is 0 Å². The van der Waals surface area contributed by atoms with Gasteiger partial charge in [-0.2, -0.15) is 10.5 Å². The number of carbonyl (C=O) groups is 1. The van der Waals surface area contributed by atoms with Crippen molar-refractivity contribution >= 4 is 17.1 Å². The van der Waals surface area contributed by atoms with Crippen molar-refractivity contribution in [3.05, 3.63) is 33.7 Å². The van der Waals surface area contributed by atoms with Gasteiger partial charge in [0, 0.05) is 17.7 Å². The third-order valence-corrected chi connectivity index (χ3v) is 4.95. The van der Waals surface area contributed by atoms with E-state index < -0.39 is 11.5 Å². The highest BCUT2D eigenvalue weighted by Gasteiger charge is 2.58. The highest BCUT2D eigenvalue weighted by molar-refractivity contribution is 7.10. The fourth-order valence-corrected chi connectivity index (χ4v) is 3.95. The first kappa shape index (κ1) is 13.9. The number of nitrogens with zero attached hydrogens (tertiary/aromatic N) is 2. The molecule has 0 aromatic carbocycles. The molecule has 4 nitrogen and oxygen atoms in total. The molecule has 1 aromatic rings. The van der Waals surface area contributed by atoms with Gasteiger partial charge in [-0.25, -0.2) is 0 Å². The summed E-state index contributed by atoms with van der Waals surface area (Å²) in [5, 5.41) is 21.2. The van der Waals surface area contributed by atoms with E-state index in [-0.39, 0.29) is 16.8 Å². The number of allylic oxidation sites excluding steroid dienone is 1. The van der Waals surface area contributed by atoms with Crippen molar-refractivity contribution in [2.75, 3.05) is 0 Å². The van der Waals surface area contributed by atoms with Crippen LogP contribution in [0, 0.1) is 33.5 Å². The maximum absolute atomic E-state index is 12.5. The average Bonchev–Trinajstić information content (AvgIpc) is 3.01. The number of ketones is 1. The van der Waals surface area contributed by atoms with E-state index in [0.717, 1.165) is 4.88 Å². The maximum Gasteiger partial charge on any atom is 0.216 e. The van der Waals surface area contributed by atoms with Gasteiger partial charge in [0.25, 0.3) is 0 Å². The van der Waals surface area contributed by atoms with Crippen LogP contribution in [0.15, 0.2) is 28.8 Å². The Balaban J connectivity index is 2.15. The summed E-state index contributed by atoms with van der Waals surface area (Å²) in [5.74, 6) is 0.390. The number of rotatable bonds is 1. The second-order valence-electron chi connectivity index (χ2n) is 6.28. The summed E-state index contributed by atoms with van der Waals surface area (Å²) in [4.78, 5) is 13.3. The molecule has 3 rings (SSSR count). The molecule has 1 aliphatic carbocycles. The first-order valence-electron chi connectivity index (χ1n) is 6.73. The fourth-order valence-electron chi connectivity index (χ4n) is 3.13. The van der Waals surface area contributed by atoms with E-state index in [1.54, 1.807) is 0 Å². The zero-order valence-corrected chi connectivity index (χ0v) is 12.7. The molecule has 0 spiro atoms. The van der Waals surface area contributed by atoms with Crippen LogP contribution in [-0.4, -0.2) is 5.78 Å². The van der Waals surface area contributed by atoms with E-state index in [2.05, 4.69) is 12.1 Å². The van der Waals surface area contributed by atoms with E-state index in [0.29, 0.717) is 18.6 Å². The smallest absolute Gasteiger partial charge is 0.216 e. The lowest BCUT2D eigenvalue weighted by Crippen LogP contribution is -2.32. The van der Waals surface area contributed by atoms with Crippen LogP contribution in [-0.2, 0) is 9.53 Å². The molecule has 2 heterocycles. The van der Waals surface area contributed by atoms with Crippen molar-refractivity contribution in [3.63, 3.8) is 0 Å². The molecule has 0 saturated heterocycles. The molecule has 0 N–H and O–H groups in total. The molecule has 106 valence electrons. The van der Waals surface area contributed by atoms with E-state index >= 15 is 0 Å². The Kier molecular flexibility index (Phi) is 2.93. The molecule has 0 radical (unpaired) electrons. The van der Waals surface area contributed by atoms with Gasteiger partial charge in [-0.3, -0.25) is 4.79 Å². The van der Waals surface area contributed by atoms with Crippen LogP contribution in [0.25, 0.3) is 0 Å². The van der Waals surface area contributed by atoms with Crippen LogP contribution in [0.3, 0.4) is 0 Å². The molecule has 1 unspecified atom stereocenters. The first-order chi connectivity index (χ1) is 9.93. The lowest BCUT2D eigenvalue weighted by molar-refractivity contribution is -0.118. The van der Waals surface area contributed by atoms with Crippen molar-refractivity contribution in [3.8, 4) is 12.1 Å². The molecule has 1 atom stereocenters. The minimum absolute atomic E-state index is 0.136. The predicted molar refractivity (Wildman–Crippen MR) is 76.9 cm³/mol. The van der Waals surface area contributed by atoms with Gasteiger partial charge >= 0.3 is 0 Å². The number of thiophene rings is 1. The summed E-state index contributed by atoms with van der Waals surface area (Å²) in [6.45, 7) is 3.99. The van der Waals surface area contributed by atoms with Gasteiger partial charge in [0.2, 0.25) is 5.41 Å². The molecule has 21 heavy (non-hydrogen) atoms. The second kappa shape index (κ2) is 4.44. The highest BCUT2D eigenvalue weighted by atomic mass is 32.1. The molecule has 1 aliphatic heterocycles. The lowest BCUT2D eigenvalue weighted by atomic mass is 9.69. The molecule has 0 bridgehead atoms. The molecular formula is C16H14N2O2S. The Morgan fingerprint density at radius 2 is 2.05 bits per heavy atom. The van der Waals surface area contributed by atoms with Gasteiger partial charge in [-0.15, -0.1) is 11.3 Å². The summed E-state index contributed by atoms with van der Waals surface area (Å²) >= 11 is 1.43. The average molecular weight is 298 g/mol. The van der Waals surface area contributed by atoms with Crippen molar-refractivity contribution in [2.24, 2.45) is 10.8 Å². The Morgan fingerprint density at radius 3 is 2.62 bits per heavy atom. The first-order valence-corrected chi connectivity index (χ1v) is 7.61. The predicted octanol–water partition coefficient (Wildman–Crippen LogP) is 3.50. The van der Waals surface area contributed by atoms with Crippen LogP contribution < -0.4 is 0 Å². The van der Waals surface area contributed by atoms with Gasteiger partial charge in [0.05, 0.1) is 17.7 Å². The number of ether oxygens (including phenoxy) is 1. The third-order valence-electron chi connectivity index (χ3n) is 4.04. The second-order valence-corrected chi connectivity index (χ2v) is 7.26. The summed E-state index contributed by atoms with van der Waals surface area (Å²) in [6.07, 6.45) is 0.230. The Hall–Kier alpha value is -2.11. The highest BCUT2D eigenvalue weighted by Crippen LogP contribution is 2.56. The van der Waals surface area contributed by atoms with Crippen molar-refractivity contribution < 1.29 is 9.53 Å². The summed E-state index contributed by atoms with van der Waals surface area (Å²) in [5.41, 5.74) is -1.43.